The number of imidazole rings is 1. The molecule has 11 heteroatoms. The topological polar surface area (TPSA) is 156 Å². The number of hydrogen-bond acceptors (Lipinski definition) is 8. The molecule has 1 aliphatic carbocycles. The van der Waals surface area contributed by atoms with Crippen LogP contribution in [0.25, 0.3) is 10.9 Å². The maximum atomic E-state index is 13.5. The van der Waals surface area contributed by atoms with Gasteiger partial charge in [-0.05, 0) is 31.9 Å². The molecule has 1 aromatic carbocycles. The molecule has 1 aliphatic heterocycles. The summed E-state index contributed by atoms with van der Waals surface area (Å²) < 4.78 is 14.8. The van der Waals surface area contributed by atoms with Crippen molar-refractivity contribution in [1.82, 2.24) is 14.1 Å². The van der Waals surface area contributed by atoms with Gasteiger partial charge in [-0.3, -0.25) is 4.79 Å². The number of nitrogens with zero attached hydrogens (tertiary/aromatic N) is 3. The first-order valence-corrected chi connectivity index (χ1v) is 11.4. The third kappa shape index (κ3) is 3.90. The number of ether oxygens (including phenoxy) is 2. The van der Waals surface area contributed by atoms with Crippen molar-refractivity contribution in [3.05, 3.63) is 47.7 Å². The van der Waals surface area contributed by atoms with Crippen LogP contribution in [0.3, 0.4) is 0 Å². The second kappa shape index (κ2) is 8.76. The van der Waals surface area contributed by atoms with Crippen LogP contribution < -0.4 is 4.74 Å². The molecule has 1 unspecified atom stereocenters. The van der Waals surface area contributed by atoms with E-state index in [-0.39, 0.29) is 17.5 Å². The van der Waals surface area contributed by atoms with Crippen molar-refractivity contribution in [2.45, 2.75) is 57.0 Å². The first-order valence-electron chi connectivity index (χ1n) is 11.4. The number of carbonyl (C=O) groups excluding carboxylic acids is 1. The molecule has 3 aromatic rings. The Hall–Kier alpha value is -3.25. The van der Waals surface area contributed by atoms with Crippen LogP contribution in [0.1, 0.15) is 28.3 Å². The molecule has 186 valence electrons. The van der Waals surface area contributed by atoms with E-state index in [0.717, 1.165) is 35.3 Å². The molecule has 11 nitrogen and oxygen atoms in total. The second-order valence-electron chi connectivity index (χ2n) is 9.14. The number of carboxylic acid groups (broad SMARTS) is 1. The SMILES string of the molecule is Cc1nccn1CC1CCc2c(c3ccc(O[C@@H]4O[C@H](C(=O)O)[C@@H](O)[C@H](O)[C@H]4O)cc3n2C)C1=O. The summed E-state index contributed by atoms with van der Waals surface area (Å²) in [7, 11) is 1.87. The van der Waals surface area contributed by atoms with Gasteiger partial charge in [0.2, 0.25) is 6.29 Å². The molecular weight excluding hydrogens is 458 g/mol. The van der Waals surface area contributed by atoms with Crippen molar-refractivity contribution in [2.24, 2.45) is 13.0 Å². The quantitative estimate of drug-likeness (QED) is 0.402. The number of carbonyl (C=O) groups is 2. The Kier molecular flexibility index (Phi) is 5.88. The average Bonchev–Trinajstić information content (AvgIpc) is 3.36. The minimum Gasteiger partial charge on any atom is -0.479 e. The third-order valence-electron chi connectivity index (χ3n) is 7.05. The lowest BCUT2D eigenvalue weighted by Crippen LogP contribution is -2.61. The van der Waals surface area contributed by atoms with E-state index in [0.29, 0.717) is 12.1 Å². The molecule has 4 N–H and O–H groups in total. The van der Waals surface area contributed by atoms with Gasteiger partial charge in [-0.2, -0.15) is 0 Å². The van der Waals surface area contributed by atoms with Crippen molar-refractivity contribution in [2.75, 3.05) is 0 Å². The van der Waals surface area contributed by atoms with E-state index in [1.165, 1.54) is 0 Å². The molecule has 2 aliphatic rings. The van der Waals surface area contributed by atoms with Crippen molar-refractivity contribution < 1.29 is 39.5 Å². The zero-order valence-electron chi connectivity index (χ0n) is 19.2. The number of carboxylic acids is 1. The zero-order chi connectivity index (χ0) is 25.0. The monoisotopic (exact) mass is 485 g/mol. The van der Waals surface area contributed by atoms with Crippen LogP contribution in [0.5, 0.6) is 5.75 Å². The van der Waals surface area contributed by atoms with E-state index in [1.54, 1.807) is 24.4 Å². The number of rotatable bonds is 5. The lowest BCUT2D eigenvalue weighted by Gasteiger charge is -2.38. The number of benzene rings is 1. The summed E-state index contributed by atoms with van der Waals surface area (Å²) in [6.45, 7) is 2.47. The summed E-state index contributed by atoms with van der Waals surface area (Å²) in [5.41, 5.74) is 2.35. The van der Waals surface area contributed by atoms with Crippen LogP contribution >= 0.6 is 0 Å². The highest BCUT2D eigenvalue weighted by atomic mass is 16.7. The number of aliphatic hydroxyl groups is 3. The van der Waals surface area contributed by atoms with Gasteiger partial charge in [0.05, 0.1) is 5.52 Å². The Bertz CT molecular complexity index is 1300. The maximum absolute atomic E-state index is 13.5. The Morgan fingerprint density at radius 1 is 1.23 bits per heavy atom. The number of ketones is 1. The maximum Gasteiger partial charge on any atom is 0.335 e. The van der Waals surface area contributed by atoms with Gasteiger partial charge in [0.25, 0.3) is 0 Å². The van der Waals surface area contributed by atoms with Crippen molar-refractivity contribution in [3.63, 3.8) is 0 Å². The minimum atomic E-state index is -1.80. The Morgan fingerprint density at radius 3 is 2.69 bits per heavy atom. The number of fused-ring (bicyclic) bond motifs is 3. The fourth-order valence-electron chi connectivity index (χ4n) is 5.05. The van der Waals surface area contributed by atoms with Crippen molar-refractivity contribution >= 4 is 22.7 Å². The highest BCUT2D eigenvalue weighted by molar-refractivity contribution is 6.11. The fourth-order valence-corrected chi connectivity index (χ4v) is 5.05. The Balaban J connectivity index is 1.42. The van der Waals surface area contributed by atoms with E-state index in [9.17, 15) is 30.0 Å². The number of Topliss-reactive ketones (excluding diaryl/α,β-unsaturated/α-hetero) is 1. The van der Waals surface area contributed by atoms with E-state index in [1.807, 2.05) is 29.3 Å². The summed E-state index contributed by atoms with van der Waals surface area (Å²) in [4.78, 5) is 29.0. The number of aryl methyl sites for hydroxylation is 2. The van der Waals surface area contributed by atoms with Gasteiger partial charge in [-0.1, -0.05) is 0 Å². The van der Waals surface area contributed by atoms with Crippen LogP contribution in [0.2, 0.25) is 0 Å². The van der Waals surface area contributed by atoms with Gasteiger partial charge in [0.1, 0.15) is 29.9 Å². The lowest BCUT2D eigenvalue weighted by molar-refractivity contribution is -0.271. The summed E-state index contributed by atoms with van der Waals surface area (Å²) in [6, 6.07) is 5.03. The zero-order valence-corrected chi connectivity index (χ0v) is 19.2. The molecule has 35 heavy (non-hydrogen) atoms. The molecule has 1 fully saturated rings. The van der Waals surface area contributed by atoms with Crippen LogP contribution in [0.4, 0.5) is 0 Å². The predicted molar refractivity (Wildman–Crippen MR) is 121 cm³/mol. The highest BCUT2D eigenvalue weighted by Crippen LogP contribution is 2.36. The molecule has 1 saturated heterocycles. The molecule has 0 spiro atoms. The molecular formula is C24H27N3O8. The normalized spacial score (nSPS) is 28.8. The third-order valence-corrected chi connectivity index (χ3v) is 7.05. The summed E-state index contributed by atoms with van der Waals surface area (Å²) >= 11 is 0. The summed E-state index contributed by atoms with van der Waals surface area (Å²) in [5.74, 6) is -0.459. The van der Waals surface area contributed by atoms with Gasteiger partial charge < -0.3 is 39.0 Å². The molecule has 0 bridgehead atoms. The van der Waals surface area contributed by atoms with Gasteiger partial charge in [-0.15, -0.1) is 0 Å². The second-order valence-corrected chi connectivity index (χ2v) is 9.14. The van der Waals surface area contributed by atoms with E-state index < -0.39 is 36.7 Å². The Morgan fingerprint density at radius 2 is 2.00 bits per heavy atom. The van der Waals surface area contributed by atoms with Crippen molar-refractivity contribution in [3.8, 4) is 5.75 Å². The van der Waals surface area contributed by atoms with Crippen LogP contribution in [0.15, 0.2) is 30.6 Å². The first kappa shape index (κ1) is 23.5. The molecule has 2 aromatic heterocycles. The number of hydrogen-bond donors (Lipinski definition) is 4. The standard InChI is InChI=1S/C24H27N3O8/c1-11-25-7-8-27(11)10-12-3-6-15-17(18(12)28)14-5-4-13(9-16(14)26(15)2)34-24-21(31)19(29)20(30)22(35-24)23(32)33/h4-5,7-9,12,19-22,24,29-31H,3,6,10H2,1-2H3,(H,32,33)/t12?,19-,20-,21+,22-,24+/m0/s1. The molecule has 0 radical (unpaired) electrons. The Labute approximate surface area is 200 Å². The van der Waals surface area contributed by atoms with Gasteiger partial charge >= 0.3 is 5.97 Å². The molecule has 0 amide bonds. The fraction of sp³-hybridized carbons (Fsp3) is 0.458. The van der Waals surface area contributed by atoms with Crippen LogP contribution in [-0.2, 0) is 29.5 Å². The molecule has 0 saturated carbocycles. The van der Waals surface area contributed by atoms with Gasteiger partial charge in [0, 0.05) is 54.6 Å². The van der Waals surface area contributed by atoms with Crippen molar-refractivity contribution in [1.29, 1.82) is 0 Å². The average molecular weight is 485 g/mol. The molecule has 5 rings (SSSR count). The molecule has 3 heterocycles. The summed E-state index contributed by atoms with van der Waals surface area (Å²) in [6.07, 6.45) is -3.43. The number of aromatic nitrogens is 3. The van der Waals surface area contributed by atoms with E-state index in [4.69, 9.17) is 9.47 Å². The summed E-state index contributed by atoms with van der Waals surface area (Å²) in [5, 5.41) is 40.2. The lowest BCUT2D eigenvalue weighted by atomic mass is 9.85. The van der Waals surface area contributed by atoms with E-state index >= 15 is 0 Å². The first-order chi connectivity index (χ1) is 16.7. The molecule has 6 atom stereocenters. The van der Waals surface area contributed by atoms with Gasteiger partial charge in [-0.25, -0.2) is 9.78 Å². The van der Waals surface area contributed by atoms with E-state index in [2.05, 4.69) is 4.98 Å². The highest BCUT2D eigenvalue weighted by Gasteiger charge is 2.48. The minimum absolute atomic E-state index is 0.0751. The van der Waals surface area contributed by atoms with Crippen LogP contribution in [-0.4, -0.2) is 77.0 Å². The number of aliphatic carboxylic acids is 1. The largest absolute Gasteiger partial charge is 0.479 e. The van der Waals surface area contributed by atoms with Crippen LogP contribution in [0, 0.1) is 12.8 Å². The smallest absolute Gasteiger partial charge is 0.335 e. The number of aliphatic hydroxyl groups excluding tert-OH is 3. The predicted octanol–water partition coefficient (Wildman–Crippen LogP) is 0.400. The van der Waals surface area contributed by atoms with Gasteiger partial charge in [0.15, 0.2) is 11.9 Å².